The number of nitrogens with one attached hydrogen (secondary N) is 2. The van der Waals surface area contributed by atoms with Crippen LogP contribution in [0.15, 0.2) is 55.0 Å². The van der Waals surface area contributed by atoms with Crippen LogP contribution in [0.3, 0.4) is 0 Å². The summed E-state index contributed by atoms with van der Waals surface area (Å²) in [6.45, 7) is 0. The largest absolute Gasteiger partial charge is 0.417 e. The zero-order valence-electron chi connectivity index (χ0n) is 13.9. The predicted octanol–water partition coefficient (Wildman–Crippen LogP) is 5.80. The number of aromatic nitrogens is 2. The van der Waals surface area contributed by atoms with Gasteiger partial charge in [-0.25, -0.2) is 4.98 Å². The summed E-state index contributed by atoms with van der Waals surface area (Å²) in [5.41, 5.74) is 0.302. The summed E-state index contributed by atoms with van der Waals surface area (Å²) in [5.74, 6) is -0.347. The van der Waals surface area contributed by atoms with Gasteiger partial charge in [0, 0.05) is 30.0 Å². The Morgan fingerprint density at radius 3 is 2.25 bits per heavy atom. The number of benzene rings is 1. The van der Waals surface area contributed by atoms with Crippen molar-refractivity contribution in [1.82, 2.24) is 9.97 Å². The lowest BCUT2D eigenvalue weighted by Gasteiger charge is -2.11. The average Bonchev–Trinajstić information content (AvgIpc) is 2.64. The number of nitrogens with zero attached hydrogens (tertiary/aromatic N) is 2. The van der Waals surface area contributed by atoms with Crippen LogP contribution in [0, 0.1) is 0 Å². The number of halogens is 5. The van der Waals surface area contributed by atoms with E-state index < -0.39 is 17.6 Å². The molecule has 0 saturated carbocycles. The Morgan fingerprint density at radius 2 is 1.64 bits per heavy atom. The van der Waals surface area contributed by atoms with Crippen molar-refractivity contribution < 1.29 is 18.0 Å². The van der Waals surface area contributed by atoms with Crippen molar-refractivity contribution >= 4 is 46.3 Å². The molecule has 0 bridgehead atoms. The molecule has 0 atom stereocenters. The molecule has 2 N–H and O–H groups in total. The number of amides is 1. The third kappa shape index (κ3) is 4.71. The van der Waals surface area contributed by atoms with E-state index in [4.69, 9.17) is 23.2 Å². The number of alkyl halides is 3. The summed E-state index contributed by atoms with van der Waals surface area (Å²) < 4.78 is 38.0. The summed E-state index contributed by atoms with van der Waals surface area (Å²) in [4.78, 5) is 19.8. The van der Waals surface area contributed by atoms with Crippen LogP contribution >= 0.6 is 23.2 Å². The van der Waals surface area contributed by atoms with E-state index in [-0.39, 0.29) is 21.4 Å². The van der Waals surface area contributed by atoms with Gasteiger partial charge in [0.1, 0.15) is 5.82 Å². The SMILES string of the molecule is O=C(Nc1ccc(Nc2ncc(C(F)(F)F)cc2Cl)cc1)c1cnccc1Cl. The molecule has 0 aliphatic rings. The Morgan fingerprint density at radius 1 is 0.964 bits per heavy atom. The molecule has 144 valence electrons. The highest BCUT2D eigenvalue weighted by atomic mass is 35.5. The maximum Gasteiger partial charge on any atom is 0.417 e. The fourth-order valence-electron chi connectivity index (χ4n) is 2.20. The van der Waals surface area contributed by atoms with Crippen molar-refractivity contribution in [3.63, 3.8) is 0 Å². The first-order valence-electron chi connectivity index (χ1n) is 7.75. The molecule has 5 nitrogen and oxygen atoms in total. The molecule has 0 unspecified atom stereocenters. The van der Waals surface area contributed by atoms with Gasteiger partial charge in [-0.1, -0.05) is 23.2 Å². The molecule has 0 aliphatic heterocycles. The number of rotatable bonds is 4. The summed E-state index contributed by atoms with van der Waals surface area (Å²) >= 11 is 11.8. The lowest BCUT2D eigenvalue weighted by molar-refractivity contribution is -0.137. The second kappa shape index (κ2) is 8.04. The van der Waals surface area contributed by atoms with Crippen molar-refractivity contribution in [2.24, 2.45) is 0 Å². The monoisotopic (exact) mass is 426 g/mol. The van der Waals surface area contributed by atoms with E-state index in [1.807, 2.05) is 0 Å². The zero-order chi connectivity index (χ0) is 20.3. The minimum atomic E-state index is -4.52. The third-order valence-corrected chi connectivity index (χ3v) is 4.20. The highest BCUT2D eigenvalue weighted by Gasteiger charge is 2.31. The fraction of sp³-hybridized carbons (Fsp3) is 0.0556. The zero-order valence-corrected chi connectivity index (χ0v) is 15.4. The molecule has 0 radical (unpaired) electrons. The highest BCUT2D eigenvalue weighted by Crippen LogP contribution is 2.33. The van der Waals surface area contributed by atoms with Crippen molar-refractivity contribution in [1.29, 1.82) is 0 Å². The van der Waals surface area contributed by atoms with Crippen LogP contribution in [0.5, 0.6) is 0 Å². The van der Waals surface area contributed by atoms with Gasteiger partial charge in [-0.3, -0.25) is 9.78 Å². The van der Waals surface area contributed by atoms with Gasteiger partial charge in [0.05, 0.1) is 21.2 Å². The van der Waals surface area contributed by atoms with Gasteiger partial charge in [0.2, 0.25) is 0 Å². The van der Waals surface area contributed by atoms with E-state index in [9.17, 15) is 18.0 Å². The smallest absolute Gasteiger partial charge is 0.339 e. The molecule has 0 aliphatic carbocycles. The topological polar surface area (TPSA) is 66.9 Å². The number of hydrogen-bond acceptors (Lipinski definition) is 4. The van der Waals surface area contributed by atoms with Gasteiger partial charge in [0.15, 0.2) is 0 Å². The fourth-order valence-corrected chi connectivity index (χ4v) is 2.61. The van der Waals surface area contributed by atoms with Crippen LogP contribution in [-0.2, 0) is 6.18 Å². The second-order valence-corrected chi connectivity index (χ2v) is 6.38. The van der Waals surface area contributed by atoms with Crippen LogP contribution in [0.1, 0.15) is 15.9 Å². The number of anilines is 3. The Hall–Kier alpha value is -2.84. The Bertz CT molecular complexity index is 1010. The first-order valence-corrected chi connectivity index (χ1v) is 8.50. The van der Waals surface area contributed by atoms with E-state index >= 15 is 0 Å². The van der Waals surface area contributed by atoms with Crippen molar-refractivity contribution in [3.8, 4) is 0 Å². The molecular weight excluding hydrogens is 416 g/mol. The third-order valence-electron chi connectivity index (χ3n) is 3.59. The molecule has 10 heteroatoms. The van der Waals surface area contributed by atoms with Crippen LogP contribution in [-0.4, -0.2) is 15.9 Å². The van der Waals surface area contributed by atoms with Gasteiger partial charge < -0.3 is 10.6 Å². The van der Waals surface area contributed by atoms with Crippen molar-refractivity contribution in [2.45, 2.75) is 6.18 Å². The van der Waals surface area contributed by atoms with Crippen LogP contribution in [0.4, 0.5) is 30.4 Å². The maximum absolute atomic E-state index is 12.7. The first-order chi connectivity index (χ1) is 13.2. The maximum atomic E-state index is 12.7. The first kappa shape index (κ1) is 19.9. The van der Waals surface area contributed by atoms with Crippen LogP contribution in [0.25, 0.3) is 0 Å². The van der Waals surface area contributed by atoms with E-state index in [2.05, 4.69) is 20.6 Å². The molecule has 2 aromatic heterocycles. The van der Waals surface area contributed by atoms with Gasteiger partial charge in [-0.15, -0.1) is 0 Å². The Kier molecular flexibility index (Phi) is 5.71. The molecule has 0 saturated heterocycles. The molecule has 1 aromatic carbocycles. The highest BCUT2D eigenvalue weighted by molar-refractivity contribution is 6.34. The predicted molar refractivity (Wildman–Crippen MR) is 101 cm³/mol. The summed E-state index contributed by atoms with van der Waals surface area (Å²) in [6.07, 6.45) is -1.00. The number of carbonyl (C=O) groups excluding carboxylic acids is 1. The number of pyridine rings is 2. The number of hydrogen-bond donors (Lipinski definition) is 2. The van der Waals surface area contributed by atoms with Gasteiger partial charge in [-0.05, 0) is 36.4 Å². The average molecular weight is 427 g/mol. The Balaban J connectivity index is 1.70. The Labute approximate surface area is 167 Å². The molecule has 1 amide bonds. The second-order valence-electron chi connectivity index (χ2n) is 5.56. The van der Waals surface area contributed by atoms with Crippen LogP contribution in [0.2, 0.25) is 10.0 Å². The standard InChI is InChI=1S/C18H11Cl2F3N4O/c19-14-5-6-24-9-13(14)17(28)27-12-3-1-11(2-4-12)26-16-15(20)7-10(8-25-16)18(21,22)23/h1-9H,(H,25,26)(H,27,28). The van der Waals surface area contributed by atoms with Crippen LogP contribution < -0.4 is 10.6 Å². The number of carbonyl (C=O) groups is 1. The molecule has 0 spiro atoms. The molecule has 2 heterocycles. The molecule has 3 aromatic rings. The minimum absolute atomic E-state index is 0.0774. The normalized spacial score (nSPS) is 11.2. The molecule has 3 rings (SSSR count). The lowest BCUT2D eigenvalue weighted by Crippen LogP contribution is -2.12. The van der Waals surface area contributed by atoms with Gasteiger partial charge in [-0.2, -0.15) is 13.2 Å². The lowest BCUT2D eigenvalue weighted by atomic mass is 10.2. The molecular formula is C18H11Cl2F3N4O. The summed E-state index contributed by atoms with van der Waals surface area (Å²) in [7, 11) is 0. The van der Waals surface area contributed by atoms with E-state index in [1.165, 1.54) is 18.5 Å². The van der Waals surface area contributed by atoms with E-state index in [0.717, 1.165) is 6.07 Å². The minimum Gasteiger partial charge on any atom is -0.339 e. The van der Waals surface area contributed by atoms with Crippen molar-refractivity contribution in [2.75, 3.05) is 10.6 Å². The summed E-state index contributed by atoms with van der Waals surface area (Å²) in [6, 6.07) is 8.71. The van der Waals surface area contributed by atoms with Crippen molar-refractivity contribution in [3.05, 3.63) is 76.2 Å². The quantitative estimate of drug-likeness (QED) is 0.553. The van der Waals surface area contributed by atoms with Gasteiger partial charge >= 0.3 is 6.18 Å². The molecule has 28 heavy (non-hydrogen) atoms. The van der Waals surface area contributed by atoms with E-state index in [0.29, 0.717) is 17.6 Å². The van der Waals surface area contributed by atoms with E-state index in [1.54, 1.807) is 24.3 Å². The molecule has 0 fully saturated rings. The summed E-state index contributed by atoms with van der Waals surface area (Å²) in [5, 5.41) is 5.59. The van der Waals surface area contributed by atoms with Gasteiger partial charge in [0.25, 0.3) is 5.91 Å².